The van der Waals surface area contributed by atoms with Gasteiger partial charge in [-0.05, 0) is 17.7 Å². The van der Waals surface area contributed by atoms with Crippen molar-refractivity contribution >= 4 is 11.7 Å². The molecule has 1 aromatic carbocycles. The van der Waals surface area contributed by atoms with Crippen LogP contribution in [0.15, 0.2) is 48.7 Å². The molecule has 2 N–H and O–H groups in total. The number of pyridine rings is 1. The van der Waals surface area contributed by atoms with E-state index in [1.54, 1.807) is 25.4 Å². The highest BCUT2D eigenvalue weighted by molar-refractivity contribution is 5.94. The zero-order valence-electron chi connectivity index (χ0n) is 10.2. The number of benzene rings is 1. The van der Waals surface area contributed by atoms with Crippen LogP contribution in [0, 0.1) is 0 Å². The lowest BCUT2D eigenvalue weighted by Crippen LogP contribution is -2.22. The predicted octanol–water partition coefficient (Wildman–Crippen LogP) is 2.05. The lowest BCUT2D eigenvalue weighted by atomic mass is 10.2. The molecule has 0 atom stereocenters. The molecule has 1 heterocycles. The summed E-state index contributed by atoms with van der Waals surface area (Å²) in [4.78, 5) is 16.0. The smallest absolute Gasteiger partial charge is 0.251 e. The van der Waals surface area contributed by atoms with Gasteiger partial charge >= 0.3 is 0 Å². The quantitative estimate of drug-likeness (QED) is 0.861. The molecule has 1 amide bonds. The van der Waals surface area contributed by atoms with Crippen molar-refractivity contribution < 1.29 is 4.79 Å². The number of anilines is 1. The molecule has 4 heteroatoms. The van der Waals surface area contributed by atoms with Gasteiger partial charge in [0.1, 0.15) is 5.82 Å². The third kappa shape index (κ3) is 3.07. The van der Waals surface area contributed by atoms with Crippen LogP contribution in [0.1, 0.15) is 15.9 Å². The topological polar surface area (TPSA) is 54.0 Å². The van der Waals surface area contributed by atoms with E-state index < -0.39 is 0 Å². The van der Waals surface area contributed by atoms with Crippen LogP contribution in [0.4, 0.5) is 5.82 Å². The fourth-order valence-electron chi connectivity index (χ4n) is 1.59. The van der Waals surface area contributed by atoms with E-state index in [9.17, 15) is 4.79 Å². The molecule has 4 nitrogen and oxygen atoms in total. The average Bonchev–Trinajstić information content (AvgIpc) is 2.46. The summed E-state index contributed by atoms with van der Waals surface area (Å²) in [5, 5.41) is 5.78. The molecular weight excluding hydrogens is 226 g/mol. The molecule has 0 saturated carbocycles. The molecule has 0 spiro atoms. The van der Waals surface area contributed by atoms with Gasteiger partial charge in [0.15, 0.2) is 0 Å². The molecule has 0 radical (unpaired) electrons. The Kier molecular flexibility index (Phi) is 3.91. The first-order valence-electron chi connectivity index (χ1n) is 5.75. The van der Waals surface area contributed by atoms with Crippen molar-refractivity contribution in [2.45, 2.75) is 6.54 Å². The van der Waals surface area contributed by atoms with Gasteiger partial charge in [0.2, 0.25) is 0 Å². The molecule has 0 fully saturated rings. The SMILES string of the molecule is CNc1cc(C(=O)NCc2ccccc2)ccn1. The van der Waals surface area contributed by atoms with E-state index >= 15 is 0 Å². The first-order valence-corrected chi connectivity index (χ1v) is 5.75. The van der Waals surface area contributed by atoms with Crippen molar-refractivity contribution in [1.82, 2.24) is 10.3 Å². The first-order chi connectivity index (χ1) is 8.79. The fraction of sp³-hybridized carbons (Fsp3) is 0.143. The van der Waals surface area contributed by atoms with E-state index in [4.69, 9.17) is 0 Å². The van der Waals surface area contributed by atoms with Crippen LogP contribution in [-0.2, 0) is 6.54 Å². The Morgan fingerprint density at radius 3 is 2.72 bits per heavy atom. The lowest BCUT2D eigenvalue weighted by molar-refractivity contribution is 0.0951. The summed E-state index contributed by atoms with van der Waals surface area (Å²) in [5.41, 5.74) is 1.68. The molecule has 0 aliphatic carbocycles. The van der Waals surface area contributed by atoms with Crippen molar-refractivity contribution in [3.05, 3.63) is 59.8 Å². The van der Waals surface area contributed by atoms with Gasteiger partial charge < -0.3 is 10.6 Å². The second-order valence-corrected chi connectivity index (χ2v) is 3.85. The lowest BCUT2D eigenvalue weighted by Gasteiger charge is -2.06. The Balaban J connectivity index is 1.99. The standard InChI is InChI=1S/C14H15N3O/c1-15-13-9-12(7-8-16-13)14(18)17-10-11-5-3-2-4-6-11/h2-9H,10H2,1H3,(H,15,16)(H,17,18). The molecule has 2 rings (SSSR count). The number of rotatable bonds is 4. The number of aromatic nitrogens is 1. The van der Waals surface area contributed by atoms with Crippen LogP contribution in [-0.4, -0.2) is 17.9 Å². The van der Waals surface area contributed by atoms with Gasteiger partial charge in [-0.2, -0.15) is 0 Å². The highest BCUT2D eigenvalue weighted by Gasteiger charge is 2.05. The highest BCUT2D eigenvalue weighted by Crippen LogP contribution is 2.06. The number of carbonyl (C=O) groups is 1. The molecule has 0 bridgehead atoms. The van der Waals surface area contributed by atoms with Crippen molar-refractivity contribution in [3.63, 3.8) is 0 Å². The summed E-state index contributed by atoms with van der Waals surface area (Å²) in [6.07, 6.45) is 1.61. The maximum atomic E-state index is 11.9. The summed E-state index contributed by atoms with van der Waals surface area (Å²) in [6, 6.07) is 13.2. The summed E-state index contributed by atoms with van der Waals surface area (Å²) in [5.74, 6) is 0.583. The Hall–Kier alpha value is -2.36. The zero-order chi connectivity index (χ0) is 12.8. The van der Waals surface area contributed by atoms with Crippen molar-refractivity contribution in [3.8, 4) is 0 Å². The second-order valence-electron chi connectivity index (χ2n) is 3.85. The zero-order valence-corrected chi connectivity index (χ0v) is 10.2. The average molecular weight is 241 g/mol. The van der Waals surface area contributed by atoms with Gasteiger partial charge in [-0.1, -0.05) is 30.3 Å². The van der Waals surface area contributed by atoms with Crippen molar-refractivity contribution in [1.29, 1.82) is 0 Å². The molecule has 92 valence electrons. The number of amides is 1. The van der Waals surface area contributed by atoms with Crippen molar-refractivity contribution in [2.75, 3.05) is 12.4 Å². The van der Waals surface area contributed by atoms with Crippen LogP contribution in [0.3, 0.4) is 0 Å². The number of carbonyl (C=O) groups excluding carboxylic acids is 1. The summed E-state index contributed by atoms with van der Waals surface area (Å²) < 4.78 is 0. The second kappa shape index (κ2) is 5.82. The maximum Gasteiger partial charge on any atom is 0.251 e. The minimum Gasteiger partial charge on any atom is -0.373 e. The van der Waals surface area contributed by atoms with E-state index in [0.29, 0.717) is 17.9 Å². The van der Waals surface area contributed by atoms with Gasteiger partial charge in [0.05, 0.1) is 0 Å². The maximum absolute atomic E-state index is 11.9. The van der Waals surface area contributed by atoms with Crippen LogP contribution in [0.25, 0.3) is 0 Å². The van der Waals surface area contributed by atoms with Crippen LogP contribution >= 0.6 is 0 Å². The van der Waals surface area contributed by atoms with Crippen LogP contribution in [0.5, 0.6) is 0 Å². The van der Waals surface area contributed by atoms with Gasteiger partial charge in [-0.3, -0.25) is 4.79 Å². The summed E-state index contributed by atoms with van der Waals surface area (Å²) in [7, 11) is 1.77. The first kappa shape index (κ1) is 12.1. The Labute approximate surface area is 106 Å². The third-order valence-electron chi connectivity index (χ3n) is 2.57. The monoisotopic (exact) mass is 241 g/mol. The van der Waals surface area contributed by atoms with E-state index in [1.807, 2.05) is 30.3 Å². The number of hydrogen-bond donors (Lipinski definition) is 2. The Morgan fingerprint density at radius 2 is 2.00 bits per heavy atom. The predicted molar refractivity (Wildman–Crippen MR) is 71.4 cm³/mol. The molecule has 0 aliphatic rings. The Morgan fingerprint density at radius 1 is 1.22 bits per heavy atom. The minimum atomic E-state index is -0.0993. The summed E-state index contributed by atoms with van der Waals surface area (Å²) >= 11 is 0. The van der Waals surface area contributed by atoms with Crippen molar-refractivity contribution in [2.24, 2.45) is 0 Å². The third-order valence-corrected chi connectivity index (χ3v) is 2.57. The largest absolute Gasteiger partial charge is 0.373 e. The molecule has 1 aromatic heterocycles. The molecular formula is C14H15N3O. The van der Waals surface area contributed by atoms with Gasteiger partial charge in [-0.15, -0.1) is 0 Å². The molecule has 0 aliphatic heterocycles. The van der Waals surface area contributed by atoms with Gasteiger partial charge in [-0.25, -0.2) is 4.98 Å². The number of nitrogens with zero attached hydrogens (tertiary/aromatic N) is 1. The van der Waals surface area contributed by atoms with E-state index in [1.165, 1.54) is 0 Å². The molecule has 0 unspecified atom stereocenters. The minimum absolute atomic E-state index is 0.0993. The number of hydrogen-bond acceptors (Lipinski definition) is 3. The summed E-state index contributed by atoms with van der Waals surface area (Å²) in [6.45, 7) is 0.525. The van der Waals surface area contributed by atoms with Gasteiger partial charge in [0.25, 0.3) is 5.91 Å². The number of nitrogens with one attached hydrogen (secondary N) is 2. The normalized spacial score (nSPS) is 9.83. The van der Waals surface area contributed by atoms with Crippen LogP contribution < -0.4 is 10.6 Å². The highest BCUT2D eigenvalue weighted by atomic mass is 16.1. The van der Waals surface area contributed by atoms with Crippen LogP contribution in [0.2, 0.25) is 0 Å². The van der Waals surface area contributed by atoms with E-state index in [2.05, 4.69) is 15.6 Å². The molecule has 18 heavy (non-hydrogen) atoms. The Bertz CT molecular complexity index is 526. The van der Waals surface area contributed by atoms with Gasteiger partial charge in [0, 0.05) is 25.4 Å². The molecule has 2 aromatic rings. The molecule has 0 saturated heterocycles. The van der Waals surface area contributed by atoms with E-state index in [0.717, 1.165) is 5.56 Å². The fourth-order valence-corrected chi connectivity index (χ4v) is 1.59. The van der Waals surface area contributed by atoms with E-state index in [-0.39, 0.29) is 5.91 Å².